The molecule has 1 aliphatic carbocycles. The standard InChI is InChI=1S/C17H30N4/c1-5-14-9-16(20(4)19-14)11-21-10-15(6-2)18-12-17(21,3)13-7-8-13/h9,13,15,18H,5-8,10-12H2,1-4H3. The van der Waals surface area contributed by atoms with Crippen molar-refractivity contribution in [3.63, 3.8) is 0 Å². The molecule has 1 aromatic heterocycles. The first-order chi connectivity index (χ1) is 10.1. The average Bonchev–Trinajstić information content (AvgIpc) is 3.27. The normalized spacial score (nSPS) is 30.8. The van der Waals surface area contributed by atoms with E-state index < -0.39 is 0 Å². The first kappa shape index (κ1) is 15.0. The second-order valence-electron chi connectivity index (χ2n) is 7.10. The van der Waals surface area contributed by atoms with Crippen LogP contribution >= 0.6 is 0 Å². The largest absolute Gasteiger partial charge is 0.311 e. The summed E-state index contributed by atoms with van der Waals surface area (Å²) >= 11 is 0. The molecule has 0 amide bonds. The predicted octanol–water partition coefficient (Wildman–Crippen LogP) is 2.33. The minimum absolute atomic E-state index is 0.322. The lowest BCUT2D eigenvalue weighted by Crippen LogP contribution is -2.63. The lowest BCUT2D eigenvalue weighted by Gasteiger charge is -2.48. The quantitative estimate of drug-likeness (QED) is 0.903. The summed E-state index contributed by atoms with van der Waals surface area (Å²) in [6.45, 7) is 10.3. The van der Waals surface area contributed by atoms with Gasteiger partial charge >= 0.3 is 0 Å². The fourth-order valence-corrected chi connectivity index (χ4v) is 3.72. The van der Waals surface area contributed by atoms with Crippen molar-refractivity contribution in [2.75, 3.05) is 13.1 Å². The van der Waals surface area contributed by atoms with E-state index in [1.807, 2.05) is 0 Å². The lowest BCUT2D eigenvalue weighted by atomic mass is 9.89. The highest BCUT2D eigenvalue weighted by Crippen LogP contribution is 2.44. The van der Waals surface area contributed by atoms with Crippen LogP contribution in [0.5, 0.6) is 0 Å². The molecule has 1 saturated carbocycles. The molecule has 0 aromatic carbocycles. The molecular formula is C17H30N4. The SMILES string of the molecule is CCc1cc(CN2CC(CC)NCC2(C)C2CC2)n(C)n1. The summed E-state index contributed by atoms with van der Waals surface area (Å²) in [5, 5.41) is 8.38. The fraction of sp³-hybridized carbons (Fsp3) is 0.824. The van der Waals surface area contributed by atoms with Crippen LogP contribution in [0.2, 0.25) is 0 Å². The zero-order chi connectivity index (χ0) is 15.0. The first-order valence-corrected chi connectivity index (χ1v) is 8.57. The Morgan fingerprint density at radius 3 is 2.71 bits per heavy atom. The van der Waals surface area contributed by atoms with Crippen LogP contribution in [0.15, 0.2) is 6.07 Å². The number of piperazine rings is 1. The summed E-state index contributed by atoms with van der Waals surface area (Å²) in [6.07, 6.45) is 5.03. The first-order valence-electron chi connectivity index (χ1n) is 8.57. The Bertz CT molecular complexity index is 491. The highest BCUT2D eigenvalue weighted by molar-refractivity contribution is 5.13. The Morgan fingerprint density at radius 2 is 2.14 bits per heavy atom. The smallest absolute Gasteiger partial charge is 0.0625 e. The van der Waals surface area contributed by atoms with E-state index in [1.165, 1.54) is 30.7 Å². The van der Waals surface area contributed by atoms with Crippen molar-refractivity contribution in [1.29, 1.82) is 0 Å². The Kier molecular flexibility index (Phi) is 4.10. The van der Waals surface area contributed by atoms with Gasteiger partial charge in [-0.3, -0.25) is 9.58 Å². The number of hydrogen-bond acceptors (Lipinski definition) is 3. The Balaban J connectivity index is 1.79. The summed E-state index contributed by atoms with van der Waals surface area (Å²) in [4.78, 5) is 2.73. The highest BCUT2D eigenvalue weighted by Gasteiger charge is 2.48. The summed E-state index contributed by atoms with van der Waals surface area (Å²) in [5.41, 5.74) is 2.89. The Hall–Kier alpha value is -0.870. The van der Waals surface area contributed by atoms with E-state index in [0.717, 1.165) is 32.0 Å². The molecule has 118 valence electrons. The van der Waals surface area contributed by atoms with Crippen LogP contribution in [0.4, 0.5) is 0 Å². The third-order valence-corrected chi connectivity index (χ3v) is 5.60. The third-order valence-electron chi connectivity index (χ3n) is 5.60. The molecule has 1 aromatic rings. The maximum Gasteiger partial charge on any atom is 0.0625 e. The molecule has 0 bridgehead atoms. The van der Waals surface area contributed by atoms with Gasteiger partial charge in [0, 0.05) is 38.3 Å². The molecule has 0 radical (unpaired) electrons. The van der Waals surface area contributed by atoms with Gasteiger partial charge in [0.1, 0.15) is 0 Å². The van der Waals surface area contributed by atoms with Crippen LogP contribution in [-0.2, 0) is 20.0 Å². The van der Waals surface area contributed by atoms with Gasteiger partial charge in [0.15, 0.2) is 0 Å². The number of rotatable bonds is 5. The predicted molar refractivity (Wildman–Crippen MR) is 86.2 cm³/mol. The number of aromatic nitrogens is 2. The van der Waals surface area contributed by atoms with Gasteiger partial charge in [-0.05, 0) is 44.6 Å². The zero-order valence-corrected chi connectivity index (χ0v) is 14.0. The van der Waals surface area contributed by atoms with E-state index in [2.05, 4.69) is 53.9 Å². The van der Waals surface area contributed by atoms with Gasteiger partial charge in [-0.15, -0.1) is 0 Å². The topological polar surface area (TPSA) is 33.1 Å². The van der Waals surface area contributed by atoms with Gasteiger partial charge in [0.05, 0.1) is 11.4 Å². The summed E-state index contributed by atoms with van der Waals surface area (Å²) < 4.78 is 2.08. The van der Waals surface area contributed by atoms with Crippen molar-refractivity contribution in [3.8, 4) is 0 Å². The molecule has 2 unspecified atom stereocenters. The number of nitrogens with one attached hydrogen (secondary N) is 1. The van der Waals surface area contributed by atoms with Crippen LogP contribution in [0, 0.1) is 5.92 Å². The molecule has 2 aliphatic rings. The molecule has 2 fully saturated rings. The molecular weight excluding hydrogens is 260 g/mol. The number of nitrogens with zero attached hydrogens (tertiary/aromatic N) is 3. The van der Waals surface area contributed by atoms with Crippen molar-refractivity contribution < 1.29 is 0 Å². The number of hydrogen-bond donors (Lipinski definition) is 1. The van der Waals surface area contributed by atoms with Crippen LogP contribution in [-0.4, -0.2) is 39.4 Å². The van der Waals surface area contributed by atoms with Gasteiger partial charge < -0.3 is 5.32 Å². The monoisotopic (exact) mass is 290 g/mol. The lowest BCUT2D eigenvalue weighted by molar-refractivity contribution is 0.0252. The summed E-state index contributed by atoms with van der Waals surface area (Å²) in [6, 6.07) is 2.92. The molecule has 4 nitrogen and oxygen atoms in total. The molecule has 2 heterocycles. The van der Waals surface area contributed by atoms with Gasteiger partial charge in [-0.1, -0.05) is 13.8 Å². The van der Waals surface area contributed by atoms with Gasteiger partial charge in [0.25, 0.3) is 0 Å². The minimum Gasteiger partial charge on any atom is -0.311 e. The zero-order valence-electron chi connectivity index (χ0n) is 14.0. The van der Waals surface area contributed by atoms with E-state index in [-0.39, 0.29) is 0 Å². The van der Waals surface area contributed by atoms with Crippen LogP contribution in [0.1, 0.15) is 51.4 Å². The molecule has 3 rings (SSSR count). The van der Waals surface area contributed by atoms with Crippen LogP contribution < -0.4 is 5.32 Å². The molecule has 4 heteroatoms. The maximum absolute atomic E-state index is 4.62. The van der Waals surface area contributed by atoms with E-state index in [1.54, 1.807) is 0 Å². The van der Waals surface area contributed by atoms with Gasteiger partial charge in [-0.25, -0.2) is 0 Å². The van der Waals surface area contributed by atoms with E-state index >= 15 is 0 Å². The van der Waals surface area contributed by atoms with Gasteiger partial charge in [-0.2, -0.15) is 5.10 Å². The fourth-order valence-electron chi connectivity index (χ4n) is 3.72. The van der Waals surface area contributed by atoms with E-state index in [4.69, 9.17) is 0 Å². The highest BCUT2D eigenvalue weighted by atomic mass is 15.3. The molecule has 0 spiro atoms. The number of aryl methyl sites for hydroxylation is 2. The second kappa shape index (κ2) is 5.73. The van der Waals surface area contributed by atoms with Crippen LogP contribution in [0.25, 0.3) is 0 Å². The van der Waals surface area contributed by atoms with Crippen molar-refractivity contribution in [3.05, 3.63) is 17.5 Å². The van der Waals surface area contributed by atoms with Crippen molar-refractivity contribution in [1.82, 2.24) is 20.0 Å². The van der Waals surface area contributed by atoms with Gasteiger partial charge in [0.2, 0.25) is 0 Å². The summed E-state index contributed by atoms with van der Waals surface area (Å²) in [7, 11) is 2.09. The molecule has 2 atom stereocenters. The van der Waals surface area contributed by atoms with E-state index in [9.17, 15) is 0 Å². The Morgan fingerprint density at radius 1 is 1.38 bits per heavy atom. The third kappa shape index (κ3) is 2.88. The average molecular weight is 290 g/mol. The summed E-state index contributed by atoms with van der Waals surface area (Å²) in [5.74, 6) is 0.877. The molecule has 1 saturated heterocycles. The second-order valence-corrected chi connectivity index (χ2v) is 7.10. The van der Waals surface area contributed by atoms with Crippen LogP contribution in [0.3, 0.4) is 0 Å². The molecule has 1 N–H and O–H groups in total. The van der Waals surface area contributed by atoms with Crippen molar-refractivity contribution >= 4 is 0 Å². The Labute approximate surface area is 128 Å². The van der Waals surface area contributed by atoms with E-state index in [0.29, 0.717) is 11.6 Å². The van der Waals surface area contributed by atoms with Crippen molar-refractivity contribution in [2.45, 2.75) is 64.6 Å². The molecule has 1 aliphatic heterocycles. The van der Waals surface area contributed by atoms with Crippen molar-refractivity contribution in [2.24, 2.45) is 13.0 Å². The maximum atomic E-state index is 4.62. The minimum atomic E-state index is 0.322. The molecule has 21 heavy (non-hydrogen) atoms.